The van der Waals surface area contributed by atoms with Crippen molar-refractivity contribution in [1.29, 1.82) is 0 Å². The van der Waals surface area contributed by atoms with E-state index in [1.54, 1.807) is 12.1 Å². The molecule has 1 heterocycles. The number of halogens is 3. The molecule has 0 unspecified atom stereocenters. The molecule has 0 aliphatic rings. The van der Waals surface area contributed by atoms with Gasteiger partial charge in [-0.1, -0.05) is 39.0 Å². The fraction of sp³-hybridized carbons (Fsp3) is 0.375. The first-order valence-corrected chi connectivity index (χ1v) is 7.07. The SMILES string of the molecule is CC(C)(C)c1ccccc1NC(=O)Cn1ccc(C(F)(F)F)n1. The van der Waals surface area contributed by atoms with Crippen LogP contribution in [0.1, 0.15) is 32.0 Å². The highest BCUT2D eigenvalue weighted by atomic mass is 19.4. The van der Waals surface area contributed by atoms with Crippen molar-refractivity contribution in [3.8, 4) is 0 Å². The molecule has 23 heavy (non-hydrogen) atoms. The molecule has 0 fully saturated rings. The maximum Gasteiger partial charge on any atom is 0.435 e. The molecule has 0 spiro atoms. The third-order valence-electron chi connectivity index (χ3n) is 3.25. The van der Waals surface area contributed by atoms with Crippen LogP contribution in [-0.2, 0) is 22.9 Å². The van der Waals surface area contributed by atoms with E-state index in [1.165, 1.54) is 0 Å². The zero-order chi connectivity index (χ0) is 17.3. The van der Waals surface area contributed by atoms with E-state index in [0.717, 1.165) is 22.5 Å². The molecule has 0 aliphatic heterocycles. The van der Waals surface area contributed by atoms with Crippen molar-refractivity contribution in [2.45, 2.75) is 38.9 Å². The molecule has 1 aromatic heterocycles. The standard InChI is InChI=1S/C16H18F3N3O/c1-15(2,3)11-6-4-5-7-12(11)20-14(23)10-22-9-8-13(21-22)16(17,18)19/h4-9H,10H2,1-3H3,(H,20,23). The van der Waals surface area contributed by atoms with Crippen molar-refractivity contribution in [3.63, 3.8) is 0 Å². The molecule has 4 nitrogen and oxygen atoms in total. The van der Waals surface area contributed by atoms with Gasteiger partial charge in [-0.15, -0.1) is 0 Å². The summed E-state index contributed by atoms with van der Waals surface area (Å²) in [6.45, 7) is 5.76. The quantitative estimate of drug-likeness (QED) is 0.932. The number of amides is 1. The molecule has 0 bridgehead atoms. The fourth-order valence-electron chi connectivity index (χ4n) is 2.18. The van der Waals surface area contributed by atoms with E-state index in [0.29, 0.717) is 5.69 Å². The maximum atomic E-state index is 12.5. The zero-order valence-corrected chi connectivity index (χ0v) is 13.1. The summed E-state index contributed by atoms with van der Waals surface area (Å²) in [5, 5.41) is 6.10. The number of hydrogen-bond donors (Lipinski definition) is 1. The second kappa shape index (κ2) is 6.06. The lowest BCUT2D eigenvalue weighted by molar-refractivity contribution is -0.141. The molecule has 1 amide bonds. The number of nitrogens with one attached hydrogen (secondary N) is 1. The van der Waals surface area contributed by atoms with E-state index in [-0.39, 0.29) is 12.0 Å². The molecule has 0 saturated carbocycles. The number of aromatic nitrogens is 2. The first kappa shape index (κ1) is 17.1. The van der Waals surface area contributed by atoms with Gasteiger partial charge in [-0.3, -0.25) is 9.48 Å². The average Bonchev–Trinajstić information content (AvgIpc) is 2.86. The van der Waals surface area contributed by atoms with Gasteiger partial charge in [0.05, 0.1) is 0 Å². The van der Waals surface area contributed by atoms with Gasteiger partial charge in [0.25, 0.3) is 0 Å². The number of anilines is 1. The van der Waals surface area contributed by atoms with Gasteiger partial charge >= 0.3 is 6.18 Å². The topological polar surface area (TPSA) is 46.9 Å². The molecule has 0 aliphatic carbocycles. The van der Waals surface area contributed by atoms with E-state index in [2.05, 4.69) is 10.4 Å². The first-order chi connectivity index (χ1) is 10.6. The number of nitrogens with zero attached hydrogens (tertiary/aromatic N) is 2. The van der Waals surface area contributed by atoms with E-state index >= 15 is 0 Å². The zero-order valence-electron chi connectivity index (χ0n) is 13.1. The summed E-state index contributed by atoms with van der Waals surface area (Å²) in [5.74, 6) is -0.432. The van der Waals surface area contributed by atoms with Crippen molar-refractivity contribution in [2.75, 3.05) is 5.32 Å². The Hall–Kier alpha value is -2.31. The highest BCUT2D eigenvalue weighted by molar-refractivity contribution is 5.91. The summed E-state index contributed by atoms with van der Waals surface area (Å²) in [7, 11) is 0. The van der Waals surface area contributed by atoms with Gasteiger partial charge in [0, 0.05) is 11.9 Å². The van der Waals surface area contributed by atoms with Crippen LogP contribution in [0.25, 0.3) is 0 Å². The molecule has 2 aromatic rings. The van der Waals surface area contributed by atoms with Crippen LogP contribution < -0.4 is 5.32 Å². The van der Waals surface area contributed by atoms with Crippen LogP contribution in [0.15, 0.2) is 36.5 Å². The molecule has 0 radical (unpaired) electrons. The second-order valence-corrected chi connectivity index (χ2v) is 6.24. The Labute approximate surface area is 132 Å². The van der Waals surface area contributed by atoms with Gasteiger partial charge < -0.3 is 5.32 Å². The highest BCUT2D eigenvalue weighted by Crippen LogP contribution is 2.29. The van der Waals surface area contributed by atoms with Crippen LogP contribution in [0, 0.1) is 0 Å². The van der Waals surface area contributed by atoms with E-state index in [1.807, 2.05) is 32.9 Å². The average molecular weight is 325 g/mol. The number of benzene rings is 1. The monoisotopic (exact) mass is 325 g/mol. The smallest absolute Gasteiger partial charge is 0.324 e. The predicted molar refractivity (Wildman–Crippen MR) is 81.0 cm³/mol. The Balaban J connectivity index is 2.11. The van der Waals surface area contributed by atoms with E-state index in [4.69, 9.17) is 0 Å². The van der Waals surface area contributed by atoms with Crippen LogP contribution in [0.2, 0.25) is 0 Å². The summed E-state index contributed by atoms with van der Waals surface area (Å²) >= 11 is 0. The van der Waals surface area contributed by atoms with Gasteiger partial charge in [0.1, 0.15) is 6.54 Å². The second-order valence-electron chi connectivity index (χ2n) is 6.24. The van der Waals surface area contributed by atoms with Crippen molar-refractivity contribution >= 4 is 11.6 Å². The molecular weight excluding hydrogens is 307 g/mol. The lowest BCUT2D eigenvalue weighted by Crippen LogP contribution is -2.22. The van der Waals surface area contributed by atoms with Gasteiger partial charge in [0.15, 0.2) is 5.69 Å². The molecular formula is C16H18F3N3O. The van der Waals surface area contributed by atoms with Crippen LogP contribution in [0.3, 0.4) is 0 Å². The van der Waals surface area contributed by atoms with Crippen LogP contribution >= 0.6 is 0 Å². The minimum atomic E-state index is -4.51. The minimum Gasteiger partial charge on any atom is -0.324 e. The predicted octanol–water partition coefficient (Wildman–Crippen LogP) is 3.84. The summed E-state index contributed by atoms with van der Waals surface area (Å²) in [6, 6.07) is 8.18. The van der Waals surface area contributed by atoms with Gasteiger partial charge in [-0.25, -0.2) is 0 Å². The summed E-state index contributed by atoms with van der Waals surface area (Å²) in [6.07, 6.45) is -3.38. The van der Waals surface area contributed by atoms with Gasteiger partial charge in [-0.2, -0.15) is 18.3 Å². The number of carbonyl (C=O) groups excluding carboxylic acids is 1. The Morgan fingerprint density at radius 2 is 1.83 bits per heavy atom. The number of alkyl halides is 3. The van der Waals surface area contributed by atoms with Crippen molar-refractivity contribution < 1.29 is 18.0 Å². The molecule has 0 atom stereocenters. The normalized spacial score (nSPS) is 12.3. The van der Waals surface area contributed by atoms with E-state index in [9.17, 15) is 18.0 Å². The molecule has 1 aromatic carbocycles. The highest BCUT2D eigenvalue weighted by Gasteiger charge is 2.33. The molecule has 124 valence electrons. The molecule has 1 N–H and O–H groups in total. The Bertz CT molecular complexity index is 699. The summed E-state index contributed by atoms with van der Waals surface area (Å²) in [4.78, 5) is 12.1. The largest absolute Gasteiger partial charge is 0.435 e. The van der Waals surface area contributed by atoms with Crippen LogP contribution in [0.5, 0.6) is 0 Å². The number of hydrogen-bond acceptors (Lipinski definition) is 2. The Morgan fingerprint density at radius 3 is 2.39 bits per heavy atom. The molecule has 7 heteroatoms. The van der Waals surface area contributed by atoms with E-state index < -0.39 is 17.8 Å². The number of para-hydroxylation sites is 1. The Morgan fingerprint density at radius 1 is 1.17 bits per heavy atom. The molecule has 0 saturated heterocycles. The lowest BCUT2D eigenvalue weighted by Gasteiger charge is -2.23. The van der Waals surface area contributed by atoms with Crippen molar-refractivity contribution in [1.82, 2.24) is 9.78 Å². The lowest BCUT2D eigenvalue weighted by atomic mass is 9.86. The first-order valence-electron chi connectivity index (χ1n) is 7.07. The van der Waals surface area contributed by atoms with Crippen molar-refractivity contribution in [2.24, 2.45) is 0 Å². The fourth-order valence-corrected chi connectivity index (χ4v) is 2.18. The van der Waals surface area contributed by atoms with Crippen molar-refractivity contribution in [3.05, 3.63) is 47.8 Å². The van der Waals surface area contributed by atoms with Gasteiger partial charge in [0.2, 0.25) is 5.91 Å². The third-order valence-corrected chi connectivity index (χ3v) is 3.25. The molecule has 2 rings (SSSR count). The minimum absolute atomic E-state index is 0.168. The number of rotatable bonds is 3. The third kappa shape index (κ3) is 4.34. The maximum absolute atomic E-state index is 12.5. The van der Waals surface area contributed by atoms with Crippen LogP contribution in [0.4, 0.5) is 18.9 Å². The Kier molecular flexibility index (Phi) is 4.49. The summed E-state index contributed by atoms with van der Waals surface area (Å²) < 4.78 is 38.4. The summed E-state index contributed by atoms with van der Waals surface area (Å²) in [5.41, 5.74) is 0.414. The number of carbonyl (C=O) groups is 1. The van der Waals surface area contributed by atoms with Gasteiger partial charge in [-0.05, 0) is 23.1 Å². The van der Waals surface area contributed by atoms with Crippen LogP contribution in [-0.4, -0.2) is 15.7 Å².